The highest BCUT2D eigenvalue weighted by Crippen LogP contribution is 2.10. The Bertz CT molecular complexity index is 432. The van der Waals surface area contributed by atoms with E-state index >= 15 is 0 Å². The first-order chi connectivity index (χ1) is 8.60. The van der Waals surface area contributed by atoms with E-state index in [4.69, 9.17) is 14.9 Å². The van der Waals surface area contributed by atoms with Crippen LogP contribution in [0.5, 0.6) is 0 Å². The van der Waals surface area contributed by atoms with Crippen LogP contribution in [0.1, 0.15) is 15.9 Å². The van der Waals surface area contributed by atoms with Crippen LogP contribution in [-0.2, 0) is 16.1 Å². The molecule has 1 aromatic carbocycles. The summed E-state index contributed by atoms with van der Waals surface area (Å²) in [5, 5.41) is 19.8. The molecular formula is C12H15NO5. The highest BCUT2D eigenvalue weighted by Gasteiger charge is 2.20. The molecule has 0 saturated heterocycles. The van der Waals surface area contributed by atoms with Gasteiger partial charge < -0.3 is 20.3 Å². The number of benzene rings is 1. The number of carbonyl (C=O) groups is 2. The molecule has 0 saturated carbocycles. The maximum absolute atomic E-state index is 11.9. The van der Waals surface area contributed by atoms with Gasteiger partial charge in [-0.1, -0.05) is 18.2 Å². The third kappa shape index (κ3) is 3.54. The quantitative estimate of drug-likeness (QED) is 0.663. The first-order valence-corrected chi connectivity index (χ1v) is 5.31. The molecule has 1 rings (SSSR count). The number of carbonyl (C=O) groups excluding carboxylic acids is 1. The summed E-state index contributed by atoms with van der Waals surface area (Å²) in [7, 11) is 1.50. The number of amides is 1. The Morgan fingerprint density at radius 1 is 1.39 bits per heavy atom. The second-order valence-electron chi connectivity index (χ2n) is 3.64. The average molecular weight is 253 g/mol. The molecule has 0 fully saturated rings. The summed E-state index contributed by atoms with van der Waals surface area (Å²) in [6.45, 7) is -0.409. The number of carboxylic acid groups (broad SMARTS) is 1. The minimum Gasteiger partial charge on any atom is -0.480 e. The summed E-state index contributed by atoms with van der Waals surface area (Å²) in [5.74, 6) is -1.83. The van der Waals surface area contributed by atoms with Crippen LogP contribution < -0.4 is 5.32 Å². The highest BCUT2D eigenvalue weighted by atomic mass is 16.5. The van der Waals surface area contributed by atoms with E-state index in [-0.39, 0.29) is 6.61 Å². The molecule has 1 aromatic rings. The van der Waals surface area contributed by atoms with E-state index in [0.29, 0.717) is 11.1 Å². The third-order valence-corrected chi connectivity index (χ3v) is 2.35. The van der Waals surface area contributed by atoms with E-state index in [1.807, 2.05) is 0 Å². The summed E-state index contributed by atoms with van der Waals surface area (Å²) >= 11 is 0. The molecule has 0 aliphatic heterocycles. The van der Waals surface area contributed by atoms with Crippen LogP contribution in [0.25, 0.3) is 0 Å². The zero-order valence-corrected chi connectivity index (χ0v) is 9.92. The van der Waals surface area contributed by atoms with Gasteiger partial charge in [0.05, 0.1) is 13.2 Å². The van der Waals surface area contributed by atoms with E-state index in [1.54, 1.807) is 24.3 Å². The lowest BCUT2D eigenvalue weighted by Crippen LogP contribution is -2.43. The SMILES string of the molecule is COCc1ccccc1C(=O)N[C@@H](CO)C(=O)O. The molecule has 0 aliphatic rings. The number of rotatable bonds is 6. The molecule has 0 heterocycles. The predicted molar refractivity (Wildman–Crippen MR) is 63.1 cm³/mol. The monoisotopic (exact) mass is 253 g/mol. The molecule has 6 heteroatoms. The molecule has 0 bridgehead atoms. The van der Waals surface area contributed by atoms with E-state index in [9.17, 15) is 9.59 Å². The highest BCUT2D eigenvalue weighted by molar-refractivity contribution is 5.97. The largest absolute Gasteiger partial charge is 0.480 e. The van der Waals surface area contributed by atoms with Crippen molar-refractivity contribution in [3.05, 3.63) is 35.4 Å². The normalized spacial score (nSPS) is 11.9. The fourth-order valence-corrected chi connectivity index (χ4v) is 1.44. The molecule has 0 unspecified atom stereocenters. The van der Waals surface area contributed by atoms with Crippen LogP contribution in [0.2, 0.25) is 0 Å². The molecule has 1 amide bonds. The fourth-order valence-electron chi connectivity index (χ4n) is 1.44. The molecule has 0 radical (unpaired) electrons. The van der Waals surface area contributed by atoms with E-state index in [1.165, 1.54) is 7.11 Å². The number of nitrogens with one attached hydrogen (secondary N) is 1. The lowest BCUT2D eigenvalue weighted by Gasteiger charge is -2.13. The molecule has 0 aliphatic carbocycles. The first kappa shape index (κ1) is 14.1. The van der Waals surface area contributed by atoms with Crippen molar-refractivity contribution in [3.8, 4) is 0 Å². The van der Waals surface area contributed by atoms with Crippen LogP contribution in [-0.4, -0.2) is 41.8 Å². The van der Waals surface area contributed by atoms with Crippen molar-refractivity contribution in [1.29, 1.82) is 0 Å². The average Bonchev–Trinajstić information content (AvgIpc) is 2.36. The van der Waals surface area contributed by atoms with Crippen molar-refractivity contribution in [1.82, 2.24) is 5.32 Å². The van der Waals surface area contributed by atoms with Gasteiger partial charge in [-0.25, -0.2) is 4.79 Å². The maximum atomic E-state index is 11.9. The summed E-state index contributed by atoms with van der Waals surface area (Å²) < 4.78 is 4.95. The standard InChI is InChI=1S/C12H15NO5/c1-18-7-8-4-2-3-5-9(8)11(15)13-10(6-14)12(16)17/h2-5,10,14H,6-7H2,1H3,(H,13,15)(H,16,17)/t10-/m0/s1. The van der Waals surface area contributed by atoms with Crippen molar-refractivity contribution in [2.45, 2.75) is 12.6 Å². The second kappa shape index (κ2) is 6.73. The number of carboxylic acids is 1. The van der Waals surface area contributed by atoms with E-state index in [2.05, 4.69) is 5.32 Å². The summed E-state index contributed by atoms with van der Waals surface area (Å²) in [5.41, 5.74) is 0.985. The van der Waals surface area contributed by atoms with Gasteiger partial charge in [-0.2, -0.15) is 0 Å². The lowest BCUT2D eigenvalue weighted by atomic mass is 10.1. The van der Waals surface area contributed by atoms with Crippen LogP contribution in [0.3, 0.4) is 0 Å². The molecule has 1 atom stereocenters. The topological polar surface area (TPSA) is 95.9 Å². The Hall–Kier alpha value is -1.92. The molecule has 6 nitrogen and oxygen atoms in total. The zero-order chi connectivity index (χ0) is 13.5. The third-order valence-electron chi connectivity index (χ3n) is 2.35. The molecule has 0 spiro atoms. The number of aliphatic hydroxyl groups excluding tert-OH is 1. The Kier molecular flexibility index (Phi) is 5.29. The van der Waals surface area contributed by atoms with Gasteiger partial charge in [0, 0.05) is 12.7 Å². The molecule has 98 valence electrons. The van der Waals surface area contributed by atoms with Gasteiger partial charge in [0.25, 0.3) is 5.91 Å². The van der Waals surface area contributed by atoms with Gasteiger partial charge in [0.15, 0.2) is 6.04 Å². The number of aliphatic hydroxyl groups is 1. The van der Waals surface area contributed by atoms with Crippen LogP contribution in [0.4, 0.5) is 0 Å². The predicted octanol–water partition coefficient (Wildman–Crippen LogP) is 0.00830. The van der Waals surface area contributed by atoms with Crippen molar-refractivity contribution >= 4 is 11.9 Å². The van der Waals surface area contributed by atoms with E-state index < -0.39 is 24.5 Å². The fraction of sp³-hybridized carbons (Fsp3) is 0.333. The first-order valence-electron chi connectivity index (χ1n) is 5.31. The van der Waals surface area contributed by atoms with Crippen molar-refractivity contribution in [2.75, 3.05) is 13.7 Å². The number of hydrogen-bond donors (Lipinski definition) is 3. The Labute approximate surface area is 104 Å². The van der Waals surface area contributed by atoms with Gasteiger partial charge in [-0.15, -0.1) is 0 Å². The smallest absolute Gasteiger partial charge is 0.328 e. The number of ether oxygens (including phenoxy) is 1. The number of methoxy groups -OCH3 is 1. The Morgan fingerprint density at radius 3 is 2.61 bits per heavy atom. The second-order valence-corrected chi connectivity index (χ2v) is 3.64. The minimum absolute atomic E-state index is 0.250. The maximum Gasteiger partial charge on any atom is 0.328 e. The van der Waals surface area contributed by atoms with Crippen molar-refractivity contribution in [2.24, 2.45) is 0 Å². The van der Waals surface area contributed by atoms with Gasteiger partial charge in [-0.3, -0.25) is 4.79 Å². The number of hydrogen-bond acceptors (Lipinski definition) is 4. The number of aliphatic carboxylic acids is 1. The van der Waals surface area contributed by atoms with Crippen LogP contribution in [0, 0.1) is 0 Å². The van der Waals surface area contributed by atoms with Gasteiger partial charge in [0.1, 0.15) is 0 Å². The van der Waals surface area contributed by atoms with Crippen molar-refractivity contribution < 1.29 is 24.5 Å². The Balaban J connectivity index is 2.86. The summed E-state index contributed by atoms with van der Waals surface area (Å²) in [6, 6.07) is 5.40. The van der Waals surface area contributed by atoms with Crippen LogP contribution >= 0.6 is 0 Å². The molecule has 3 N–H and O–H groups in total. The summed E-state index contributed by atoms with van der Waals surface area (Å²) in [6.07, 6.45) is 0. The van der Waals surface area contributed by atoms with Crippen LogP contribution in [0.15, 0.2) is 24.3 Å². The molecular weight excluding hydrogens is 238 g/mol. The van der Waals surface area contributed by atoms with Gasteiger partial charge >= 0.3 is 5.97 Å². The van der Waals surface area contributed by atoms with Gasteiger partial charge in [0.2, 0.25) is 0 Å². The lowest BCUT2D eigenvalue weighted by molar-refractivity contribution is -0.140. The molecule has 18 heavy (non-hydrogen) atoms. The van der Waals surface area contributed by atoms with Gasteiger partial charge in [-0.05, 0) is 11.6 Å². The molecule has 0 aromatic heterocycles. The van der Waals surface area contributed by atoms with Crippen molar-refractivity contribution in [3.63, 3.8) is 0 Å². The minimum atomic E-state index is -1.31. The zero-order valence-electron chi connectivity index (χ0n) is 9.92. The summed E-state index contributed by atoms with van der Waals surface area (Å²) in [4.78, 5) is 22.6. The Morgan fingerprint density at radius 2 is 2.06 bits per heavy atom. The van der Waals surface area contributed by atoms with E-state index in [0.717, 1.165) is 0 Å².